The lowest BCUT2D eigenvalue weighted by molar-refractivity contribution is -0.136. The van der Waals surface area contributed by atoms with Crippen LogP contribution in [0.25, 0.3) is 16.7 Å². The molecule has 182 valence electrons. The zero-order chi connectivity index (χ0) is 25.2. The monoisotopic (exact) mass is 482 g/mol. The summed E-state index contributed by atoms with van der Waals surface area (Å²) >= 11 is 0. The van der Waals surface area contributed by atoms with Crippen LogP contribution in [0.4, 0.5) is 13.2 Å². The van der Waals surface area contributed by atoms with Crippen molar-refractivity contribution in [1.82, 2.24) is 20.1 Å². The van der Waals surface area contributed by atoms with Crippen LogP contribution in [0.5, 0.6) is 5.88 Å². The molecule has 2 heterocycles. The number of fused-ring (bicyclic) bond motifs is 1. The van der Waals surface area contributed by atoms with Gasteiger partial charge in [-0.1, -0.05) is 49.4 Å². The number of ether oxygens (including phenoxy) is 1. The van der Waals surface area contributed by atoms with Crippen molar-refractivity contribution in [3.8, 4) is 11.6 Å². The Morgan fingerprint density at radius 2 is 1.80 bits per heavy atom. The molecular weight excluding hydrogens is 457 g/mol. The summed E-state index contributed by atoms with van der Waals surface area (Å²) in [6.45, 7) is 4.85. The fourth-order valence-corrected chi connectivity index (χ4v) is 3.86. The molecule has 4 rings (SSSR count). The molecule has 0 aliphatic rings. The number of nitrogens with zero attached hydrogens (tertiary/aromatic N) is 3. The number of halogens is 3. The number of carbonyl (C=O) groups excluding carboxylic acids is 1. The smallest absolute Gasteiger partial charge is 0.417 e. The Balaban J connectivity index is 1.64. The van der Waals surface area contributed by atoms with E-state index in [1.807, 2.05) is 56.3 Å². The standard InChI is InChI=1S/C26H25F3N4O2/c1-4-18-10-12-20(13-11-18)33-25-24(17(3)32-33)21(26(27,28)29)14-23(31-25)35-15-22(34)30-16(2)19-8-6-5-7-9-19/h5-14,16H,4,15H2,1-3H3,(H,30,34)/t16-/m0/s1. The predicted octanol–water partition coefficient (Wildman–Crippen LogP) is 5.57. The lowest BCUT2D eigenvalue weighted by Crippen LogP contribution is -2.31. The van der Waals surface area contributed by atoms with Crippen LogP contribution in [-0.2, 0) is 17.4 Å². The van der Waals surface area contributed by atoms with Crippen molar-refractivity contribution in [2.75, 3.05) is 6.61 Å². The van der Waals surface area contributed by atoms with E-state index in [1.54, 1.807) is 12.1 Å². The zero-order valence-corrected chi connectivity index (χ0v) is 19.6. The first-order valence-corrected chi connectivity index (χ1v) is 11.2. The Bertz CT molecular complexity index is 1330. The van der Waals surface area contributed by atoms with E-state index in [0.29, 0.717) is 5.69 Å². The molecule has 35 heavy (non-hydrogen) atoms. The van der Waals surface area contributed by atoms with Gasteiger partial charge in [-0.25, -0.2) is 4.68 Å². The first-order valence-electron chi connectivity index (χ1n) is 11.2. The van der Waals surface area contributed by atoms with Gasteiger partial charge in [0.05, 0.1) is 28.4 Å². The SMILES string of the molecule is CCc1ccc(-n2nc(C)c3c(C(F)(F)F)cc(OCC(=O)N[C@@H](C)c4ccccc4)nc32)cc1. The number of carbonyl (C=O) groups is 1. The lowest BCUT2D eigenvalue weighted by atomic mass is 10.1. The molecule has 0 fully saturated rings. The summed E-state index contributed by atoms with van der Waals surface area (Å²) in [4.78, 5) is 16.7. The molecule has 6 nitrogen and oxygen atoms in total. The molecule has 9 heteroatoms. The maximum absolute atomic E-state index is 13.9. The Morgan fingerprint density at radius 1 is 1.11 bits per heavy atom. The van der Waals surface area contributed by atoms with Gasteiger partial charge in [0.25, 0.3) is 5.91 Å². The number of hydrogen-bond donors (Lipinski definition) is 1. The van der Waals surface area contributed by atoms with Crippen LogP contribution in [0.2, 0.25) is 0 Å². The predicted molar refractivity (Wildman–Crippen MR) is 126 cm³/mol. The maximum Gasteiger partial charge on any atom is 0.417 e. The van der Waals surface area contributed by atoms with E-state index in [4.69, 9.17) is 4.74 Å². The van der Waals surface area contributed by atoms with Gasteiger partial charge in [0.1, 0.15) is 0 Å². The normalized spacial score (nSPS) is 12.5. The van der Waals surface area contributed by atoms with Crippen molar-refractivity contribution >= 4 is 16.9 Å². The summed E-state index contributed by atoms with van der Waals surface area (Å²) in [5.74, 6) is -0.782. The van der Waals surface area contributed by atoms with Crippen LogP contribution >= 0.6 is 0 Å². The molecule has 0 saturated heterocycles. The number of alkyl halides is 3. The van der Waals surface area contributed by atoms with Gasteiger partial charge < -0.3 is 10.1 Å². The highest BCUT2D eigenvalue weighted by Gasteiger charge is 2.36. The highest BCUT2D eigenvalue weighted by atomic mass is 19.4. The molecule has 0 radical (unpaired) electrons. The largest absolute Gasteiger partial charge is 0.467 e. The molecule has 1 N–H and O–H groups in total. The molecule has 0 bridgehead atoms. The van der Waals surface area contributed by atoms with Gasteiger partial charge >= 0.3 is 6.18 Å². The van der Waals surface area contributed by atoms with Crippen molar-refractivity contribution in [3.63, 3.8) is 0 Å². The number of pyridine rings is 1. The van der Waals surface area contributed by atoms with E-state index in [0.717, 1.165) is 23.6 Å². The average Bonchev–Trinajstić information content (AvgIpc) is 3.18. The van der Waals surface area contributed by atoms with Crippen LogP contribution in [-0.4, -0.2) is 27.3 Å². The second-order valence-electron chi connectivity index (χ2n) is 8.21. The van der Waals surface area contributed by atoms with Gasteiger partial charge in [0.2, 0.25) is 5.88 Å². The van der Waals surface area contributed by atoms with Crippen LogP contribution in [0.15, 0.2) is 60.7 Å². The van der Waals surface area contributed by atoms with Gasteiger partial charge in [-0.2, -0.15) is 23.3 Å². The minimum absolute atomic E-state index is 0.00892. The third-order valence-corrected chi connectivity index (χ3v) is 5.71. The lowest BCUT2D eigenvalue weighted by Gasteiger charge is -2.15. The van der Waals surface area contributed by atoms with Gasteiger partial charge in [-0.15, -0.1) is 0 Å². The number of nitrogens with one attached hydrogen (secondary N) is 1. The minimum Gasteiger partial charge on any atom is -0.467 e. The van der Waals surface area contributed by atoms with E-state index in [-0.39, 0.29) is 28.6 Å². The summed E-state index contributed by atoms with van der Waals surface area (Å²) < 4.78 is 48.6. The van der Waals surface area contributed by atoms with E-state index in [9.17, 15) is 18.0 Å². The first kappa shape index (κ1) is 24.3. The van der Waals surface area contributed by atoms with E-state index in [2.05, 4.69) is 15.4 Å². The van der Waals surface area contributed by atoms with Crippen LogP contribution in [0.3, 0.4) is 0 Å². The Hall–Kier alpha value is -3.88. The van der Waals surface area contributed by atoms with Crippen molar-refractivity contribution in [3.05, 3.63) is 83.0 Å². The molecule has 2 aromatic carbocycles. The molecule has 1 amide bonds. The first-order chi connectivity index (χ1) is 16.7. The molecule has 4 aromatic rings. The molecule has 0 saturated carbocycles. The fourth-order valence-electron chi connectivity index (χ4n) is 3.86. The number of rotatable bonds is 7. The third-order valence-electron chi connectivity index (χ3n) is 5.71. The number of benzene rings is 2. The number of aryl methyl sites for hydroxylation is 2. The van der Waals surface area contributed by atoms with Gasteiger partial charge in [-0.05, 0) is 43.5 Å². The summed E-state index contributed by atoms with van der Waals surface area (Å²) in [6.07, 6.45) is -3.83. The van der Waals surface area contributed by atoms with E-state index in [1.165, 1.54) is 11.6 Å². The Labute approximate surface area is 200 Å². The van der Waals surface area contributed by atoms with Gasteiger partial charge in [0, 0.05) is 6.07 Å². The molecular formula is C26H25F3N4O2. The third kappa shape index (κ3) is 5.29. The molecule has 0 spiro atoms. The van der Waals surface area contributed by atoms with Crippen molar-refractivity contribution in [2.24, 2.45) is 0 Å². The highest BCUT2D eigenvalue weighted by Crippen LogP contribution is 2.38. The molecule has 2 aromatic heterocycles. The zero-order valence-electron chi connectivity index (χ0n) is 19.6. The number of amides is 1. The van der Waals surface area contributed by atoms with Gasteiger partial charge in [0.15, 0.2) is 12.3 Å². The molecule has 0 aliphatic heterocycles. The summed E-state index contributed by atoms with van der Waals surface area (Å²) in [5.41, 5.74) is 1.85. The quantitative estimate of drug-likeness (QED) is 0.374. The minimum atomic E-state index is -4.66. The van der Waals surface area contributed by atoms with Gasteiger partial charge in [-0.3, -0.25) is 4.79 Å². The van der Waals surface area contributed by atoms with Crippen LogP contribution in [0.1, 0.15) is 42.3 Å². The van der Waals surface area contributed by atoms with Crippen molar-refractivity contribution in [2.45, 2.75) is 39.4 Å². The number of aromatic nitrogens is 3. The second kappa shape index (κ2) is 9.77. The van der Waals surface area contributed by atoms with Crippen LogP contribution < -0.4 is 10.1 Å². The fraction of sp³-hybridized carbons (Fsp3) is 0.269. The average molecular weight is 483 g/mol. The molecule has 0 aliphatic carbocycles. The highest BCUT2D eigenvalue weighted by molar-refractivity contribution is 5.85. The second-order valence-corrected chi connectivity index (χ2v) is 8.21. The van der Waals surface area contributed by atoms with E-state index >= 15 is 0 Å². The summed E-state index contributed by atoms with van der Waals surface area (Å²) in [6, 6.07) is 17.2. The molecule has 1 atom stereocenters. The van der Waals surface area contributed by atoms with Crippen LogP contribution in [0, 0.1) is 6.92 Å². The number of hydrogen-bond acceptors (Lipinski definition) is 4. The summed E-state index contributed by atoms with van der Waals surface area (Å²) in [7, 11) is 0. The van der Waals surface area contributed by atoms with Crippen molar-refractivity contribution in [1.29, 1.82) is 0 Å². The maximum atomic E-state index is 13.9. The summed E-state index contributed by atoms with van der Waals surface area (Å²) in [5, 5.41) is 6.98. The molecule has 0 unspecified atom stereocenters. The Kier molecular flexibility index (Phi) is 6.77. The van der Waals surface area contributed by atoms with Crippen molar-refractivity contribution < 1.29 is 22.7 Å². The topological polar surface area (TPSA) is 69.0 Å². The van der Waals surface area contributed by atoms with E-state index < -0.39 is 24.3 Å². The Morgan fingerprint density at radius 3 is 2.43 bits per heavy atom.